The van der Waals surface area contributed by atoms with E-state index in [-0.39, 0.29) is 12.5 Å². The first kappa shape index (κ1) is 14.9. The molecule has 0 radical (unpaired) electrons. The SMILES string of the molecule is CC(C)NCCCC(=O)NCC(C)C(=O)O. The summed E-state index contributed by atoms with van der Waals surface area (Å²) >= 11 is 0. The monoisotopic (exact) mass is 230 g/mol. The van der Waals surface area contributed by atoms with Crippen molar-refractivity contribution in [2.75, 3.05) is 13.1 Å². The van der Waals surface area contributed by atoms with Crippen LogP contribution in [0.15, 0.2) is 0 Å². The Kier molecular flexibility index (Phi) is 7.54. The molecule has 1 atom stereocenters. The van der Waals surface area contributed by atoms with E-state index in [4.69, 9.17) is 5.11 Å². The molecule has 0 aromatic rings. The first-order valence-corrected chi connectivity index (χ1v) is 5.66. The van der Waals surface area contributed by atoms with Crippen molar-refractivity contribution in [2.24, 2.45) is 5.92 Å². The molecule has 0 spiro atoms. The number of amides is 1. The Balaban J connectivity index is 3.48. The summed E-state index contributed by atoms with van der Waals surface area (Å²) in [5.41, 5.74) is 0. The predicted molar refractivity (Wildman–Crippen MR) is 62.2 cm³/mol. The molecule has 1 amide bonds. The normalized spacial score (nSPS) is 12.5. The lowest BCUT2D eigenvalue weighted by Gasteiger charge is -2.09. The number of hydrogen-bond acceptors (Lipinski definition) is 3. The highest BCUT2D eigenvalue weighted by molar-refractivity contribution is 5.77. The molecule has 0 saturated carbocycles. The fourth-order valence-corrected chi connectivity index (χ4v) is 1.08. The number of nitrogens with one attached hydrogen (secondary N) is 2. The standard InChI is InChI=1S/C11H22N2O3/c1-8(2)12-6-4-5-10(14)13-7-9(3)11(15)16/h8-9,12H,4-7H2,1-3H3,(H,13,14)(H,15,16). The Hall–Kier alpha value is -1.10. The van der Waals surface area contributed by atoms with Crippen LogP contribution in [0.25, 0.3) is 0 Å². The molecule has 0 heterocycles. The highest BCUT2D eigenvalue weighted by Gasteiger charge is 2.11. The van der Waals surface area contributed by atoms with E-state index in [9.17, 15) is 9.59 Å². The molecule has 0 rings (SSSR count). The number of aliphatic carboxylic acids is 1. The van der Waals surface area contributed by atoms with E-state index in [0.717, 1.165) is 13.0 Å². The number of carbonyl (C=O) groups is 2. The molecule has 0 aliphatic rings. The van der Waals surface area contributed by atoms with Crippen molar-refractivity contribution in [1.29, 1.82) is 0 Å². The largest absolute Gasteiger partial charge is 0.481 e. The van der Waals surface area contributed by atoms with E-state index >= 15 is 0 Å². The second-order valence-electron chi connectivity index (χ2n) is 4.26. The smallest absolute Gasteiger partial charge is 0.308 e. The van der Waals surface area contributed by atoms with Gasteiger partial charge in [-0.25, -0.2) is 0 Å². The fourth-order valence-electron chi connectivity index (χ4n) is 1.08. The Morgan fingerprint density at radius 3 is 2.38 bits per heavy atom. The van der Waals surface area contributed by atoms with Gasteiger partial charge in [-0.3, -0.25) is 9.59 Å². The maximum Gasteiger partial charge on any atom is 0.308 e. The van der Waals surface area contributed by atoms with Gasteiger partial charge in [0.2, 0.25) is 5.91 Å². The van der Waals surface area contributed by atoms with Crippen LogP contribution in [-0.2, 0) is 9.59 Å². The van der Waals surface area contributed by atoms with Gasteiger partial charge in [-0.15, -0.1) is 0 Å². The molecule has 0 saturated heterocycles. The third-order valence-electron chi connectivity index (χ3n) is 2.16. The molecular weight excluding hydrogens is 208 g/mol. The summed E-state index contributed by atoms with van der Waals surface area (Å²) in [6, 6.07) is 0.426. The van der Waals surface area contributed by atoms with Crippen molar-refractivity contribution in [3.05, 3.63) is 0 Å². The summed E-state index contributed by atoms with van der Waals surface area (Å²) in [7, 11) is 0. The Bertz CT molecular complexity index is 229. The minimum absolute atomic E-state index is 0.0846. The van der Waals surface area contributed by atoms with Crippen molar-refractivity contribution in [2.45, 2.75) is 39.7 Å². The van der Waals surface area contributed by atoms with E-state index in [0.29, 0.717) is 12.5 Å². The minimum atomic E-state index is -0.887. The first-order chi connectivity index (χ1) is 7.43. The van der Waals surface area contributed by atoms with Crippen LogP contribution in [-0.4, -0.2) is 36.1 Å². The second kappa shape index (κ2) is 8.10. The predicted octanol–water partition coefficient (Wildman–Crippen LogP) is 0.601. The third kappa shape index (κ3) is 8.23. The maximum absolute atomic E-state index is 11.3. The number of rotatable bonds is 8. The zero-order chi connectivity index (χ0) is 12.6. The summed E-state index contributed by atoms with van der Waals surface area (Å²) in [6.07, 6.45) is 1.21. The molecular formula is C11H22N2O3. The van der Waals surface area contributed by atoms with Gasteiger partial charge in [0.1, 0.15) is 0 Å². The third-order valence-corrected chi connectivity index (χ3v) is 2.16. The first-order valence-electron chi connectivity index (χ1n) is 5.66. The van der Waals surface area contributed by atoms with Crippen LogP contribution in [0.2, 0.25) is 0 Å². The molecule has 0 aliphatic carbocycles. The van der Waals surface area contributed by atoms with Crippen LogP contribution in [0.5, 0.6) is 0 Å². The summed E-state index contributed by atoms with van der Waals surface area (Å²) in [5.74, 6) is -1.50. The number of hydrogen-bond donors (Lipinski definition) is 3. The van der Waals surface area contributed by atoms with Gasteiger partial charge in [0, 0.05) is 19.0 Å². The summed E-state index contributed by atoms with van der Waals surface area (Å²) in [6.45, 7) is 6.68. The van der Waals surface area contributed by atoms with Crippen molar-refractivity contribution in [3.8, 4) is 0 Å². The van der Waals surface area contributed by atoms with Crippen LogP contribution in [0, 0.1) is 5.92 Å². The van der Waals surface area contributed by atoms with Crippen LogP contribution in [0.1, 0.15) is 33.6 Å². The molecule has 0 aromatic heterocycles. The van der Waals surface area contributed by atoms with E-state index in [1.807, 2.05) is 0 Å². The van der Waals surface area contributed by atoms with Gasteiger partial charge in [-0.2, -0.15) is 0 Å². The lowest BCUT2D eigenvalue weighted by atomic mass is 10.2. The van der Waals surface area contributed by atoms with Gasteiger partial charge in [0.15, 0.2) is 0 Å². The molecule has 0 aromatic carbocycles. The number of carboxylic acids is 1. The lowest BCUT2D eigenvalue weighted by Crippen LogP contribution is -2.32. The Morgan fingerprint density at radius 1 is 1.25 bits per heavy atom. The van der Waals surface area contributed by atoms with Gasteiger partial charge < -0.3 is 15.7 Å². The van der Waals surface area contributed by atoms with Gasteiger partial charge in [0.05, 0.1) is 5.92 Å². The molecule has 0 aliphatic heterocycles. The van der Waals surface area contributed by atoms with Crippen LogP contribution >= 0.6 is 0 Å². The average molecular weight is 230 g/mol. The number of carbonyl (C=O) groups excluding carboxylic acids is 1. The Morgan fingerprint density at radius 2 is 1.88 bits per heavy atom. The summed E-state index contributed by atoms with van der Waals surface area (Å²) in [4.78, 5) is 21.8. The minimum Gasteiger partial charge on any atom is -0.481 e. The average Bonchev–Trinajstić information content (AvgIpc) is 2.20. The molecule has 5 nitrogen and oxygen atoms in total. The van der Waals surface area contributed by atoms with E-state index in [1.165, 1.54) is 0 Å². The molecule has 1 unspecified atom stereocenters. The number of carboxylic acid groups (broad SMARTS) is 1. The molecule has 94 valence electrons. The van der Waals surface area contributed by atoms with Crippen LogP contribution < -0.4 is 10.6 Å². The quantitative estimate of drug-likeness (QED) is 0.534. The van der Waals surface area contributed by atoms with Gasteiger partial charge in [-0.05, 0) is 13.0 Å². The molecule has 16 heavy (non-hydrogen) atoms. The highest BCUT2D eigenvalue weighted by Crippen LogP contribution is 1.93. The lowest BCUT2D eigenvalue weighted by molar-refractivity contribution is -0.141. The van der Waals surface area contributed by atoms with Crippen molar-refractivity contribution < 1.29 is 14.7 Å². The fraction of sp³-hybridized carbons (Fsp3) is 0.818. The van der Waals surface area contributed by atoms with Crippen molar-refractivity contribution in [3.63, 3.8) is 0 Å². The molecule has 0 fully saturated rings. The Labute approximate surface area is 96.6 Å². The summed E-state index contributed by atoms with van der Waals surface area (Å²) < 4.78 is 0. The molecule has 3 N–H and O–H groups in total. The van der Waals surface area contributed by atoms with E-state index < -0.39 is 11.9 Å². The van der Waals surface area contributed by atoms with Gasteiger partial charge in [0.25, 0.3) is 0 Å². The van der Waals surface area contributed by atoms with Gasteiger partial charge >= 0.3 is 5.97 Å². The van der Waals surface area contributed by atoms with Crippen molar-refractivity contribution >= 4 is 11.9 Å². The summed E-state index contributed by atoms with van der Waals surface area (Å²) in [5, 5.41) is 14.4. The highest BCUT2D eigenvalue weighted by atomic mass is 16.4. The molecule has 5 heteroatoms. The van der Waals surface area contributed by atoms with Crippen LogP contribution in [0.3, 0.4) is 0 Å². The topological polar surface area (TPSA) is 78.4 Å². The van der Waals surface area contributed by atoms with Crippen LogP contribution in [0.4, 0.5) is 0 Å². The zero-order valence-electron chi connectivity index (χ0n) is 10.2. The maximum atomic E-state index is 11.3. The second-order valence-corrected chi connectivity index (χ2v) is 4.26. The van der Waals surface area contributed by atoms with E-state index in [2.05, 4.69) is 24.5 Å². The van der Waals surface area contributed by atoms with Gasteiger partial charge in [-0.1, -0.05) is 20.8 Å². The van der Waals surface area contributed by atoms with E-state index in [1.54, 1.807) is 6.92 Å². The van der Waals surface area contributed by atoms with Crippen molar-refractivity contribution in [1.82, 2.24) is 10.6 Å². The zero-order valence-corrected chi connectivity index (χ0v) is 10.2. The molecule has 0 bridgehead atoms.